The largest absolute Gasteiger partial charge is 0.466 e. The van der Waals surface area contributed by atoms with Crippen molar-refractivity contribution in [3.8, 4) is 0 Å². The number of nitro groups is 1. The zero-order chi connectivity index (χ0) is 15.6. The second-order valence-electron chi connectivity index (χ2n) is 4.88. The van der Waals surface area contributed by atoms with Gasteiger partial charge in [-0.1, -0.05) is 6.07 Å². The van der Waals surface area contributed by atoms with Crippen LogP contribution in [-0.4, -0.2) is 10.8 Å². The van der Waals surface area contributed by atoms with Crippen LogP contribution in [0.3, 0.4) is 0 Å². The van der Waals surface area contributed by atoms with Crippen LogP contribution in [0.4, 0.5) is 5.69 Å². The zero-order valence-corrected chi connectivity index (χ0v) is 12.1. The van der Waals surface area contributed by atoms with Gasteiger partial charge in [0.1, 0.15) is 11.5 Å². The Labute approximate surface area is 121 Å². The first-order valence-corrected chi connectivity index (χ1v) is 6.47. The van der Waals surface area contributed by atoms with Gasteiger partial charge in [0.15, 0.2) is 0 Å². The molecule has 0 saturated carbocycles. The Balaban J connectivity index is 2.12. The summed E-state index contributed by atoms with van der Waals surface area (Å²) in [4.78, 5) is 22.5. The van der Waals surface area contributed by atoms with Crippen molar-refractivity contribution >= 4 is 11.6 Å². The molecule has 0 aliphatic heterocycles. The van der Waals surface area contributed by atoms with Gasteiger partial charge < -0.3 is 9.73 Å². The fraction of sp³-hybridized carbons (Fsp3) is 0.267. The van der Waals surface area contributed by atoms with Gasteiger partial charge in [0.25, 0.3) is 11.6 Å². The van der Waals surface area contributed by atoms with Gasteiger partial charge >= 0.3 is 0 Å². The van der Waals surface area contributed by atoms with E-state index in [0.717, 1.165) is 17.1 Å². The second kappa shape index (κ2) is 5.78. The number of nitrogens with zero attached hydrogens (tertiary/aromatic N) is 1. The van der Waals surface area contributed by atoms with E-state index in [2.05, 4.69) is 5.32 Å². The molecule has 2 rings (SSSR count). The molecule has 1 aromatic heterocycles. The summed E-state index contributed by atoms with van der Waals surface area (Å²) in [5, 5.41) is 13.6. The van der Waals surface area contributed by atoms with Crippen LogP contribution >= 0.6 is 0 Å². The van der Waals surface area contributed by atoms with Gasteiger partial charge in [-0.3, -0.25) is 14.9 Å². The molecule has 6 heteroatoms. The number of benzene rings is 1. The predicted molar refractivity (Wildman–Crippen MR) is 77.2 cm³/mol. The van der Waals surface area contributed by atoms with E-state index in [0.29, 0.717) is 12.1 Å². The number of carbonyl (C=O) groups is 1. The minimum Gasteiger partial charge on any atom is -0.466 e. The third-order valence-electron chi connectivity index (χ3n) is 3.25. The highest BCUT2D eigenvalue weighted by atomic mass is 16.6. The Morgan fingerprint density at radius 1 is 1.29 bits per heavy atom. The first-order valence-electron chi connectivity index (χ1n) is 6.47. The molecule has 6 nitrogen and oxygen atoms in total. The maximum absolute atomic E-state index is 12.1. The second-order valence-corrected chi connectivity index (χ2v) is 4.88. The van der Waals surface area contributed by atoms with Crippen LogP contribution in [0.1, 0.15) is 33.0 Å². The molecular formula is C15H16N2O4. The van der Waals surface area contributed by atoms with Gasteiger partial charge in [-0.05, 0) is 32.9 Å². The number of nitro benzene ring substituents is 1. The highest BCUT2D eigenvalue weighted by molar-refractivity contribution is 5.94. The zero-order valence-electron chi connectivity index (χ0n) is 12.1. The normalized spacial score (nSPS) is 10.4. The number of furan rings is 1. The van der Waals surface area contributed by atoms with E-state index in [1.54, 1.807) is 19.1 Å². The van der Waals surface area contributed by atoms with Gasteiger partial charge in [-0.25, -0.2) is 0 Å². The molecule has 0 bridgehead atoms. The first-order chi connectivity index (χ1) is 9.88. The van der Waals surface area contributed by atoms with Crippen LogP contribution in [0.25, 0.3) is 0 Å². The number of rotatable bonds is 4. The SMILES string of the molecule is Cc1cc(CNC(=O)c2ccc(C)c([N+](=O)[O-])c2)c(C)o1. The maximum atomic E-state index is 12.1. The van der Waals surface area contributed by atoms with Crippen LogP contribution < -0.4 is 5.32 Å². The molecule has 0 saturated heterocycles. The van der Waals surface area contributed by atoms with Crippen molar-refractivity contribution in [2.75, 3.05) is 0 Å². The first kappa shape index (κ1) is 14.8. The average Bonchev–Trinajstić information content (AvgIpc) is 2.74. The smallest absolute Gasteiger partial charge is 0.273 e. The van der Waals surface area contributed by atoms with E-state index in [1.807, 2.05) is 19.9 Å². The van der Waals surface area contributed by atoms with Crippen molar-refractivity contribution < 1.29 is 14.1 Å². The quantitative estimate of drug-likeness (QED) is 0.692. The van der Waals surface area contributed by atoms with E-state index >= 15 is 0 Å². The third-order valence-corrected chi connectivity index (χ3v) is 3.25. The van der Waals surface area contributed by atoms with Crippen molar-refractivity contribution in [2.45, 2.75) is 27.3 Å². The van der Waals surface area contributed by atoms with Crippen LogP contribution in [-0.2, 0) is 6.54 Å². The van der Waals surface area contributed by atoms with E-state index in [9.17, 15) is 14.9 Å². The predicted octanol–water partition coefficient (Wildman–Crippen LogP) is 3.04. The maximum Gasteiger partial charge on any atom is 0.273 e. The number of aryl methyl sites for hydroxylation is 3. The minimum absolute atomic E-state index is 0.0574. The summed E-state index contributed by atoms with van der Waals surface area (Å²) in [6.07, 6.45) is 0. The fourth-order valence-corrected chi connectivity index (χ4v) is 2.08. The lowest BCUT2D eigenvalue weighted by molar-refractivity contribution is -0.385. The summed E-state index contributed by atoms with van der Waals surface area (Å²) in [6.45, 7) is 5.62. The molecule has 2 aromatic rings. The van der Waals surface area contributed by atoms with Crippen molar-refractivity contribution in [3.63, 3.8) is 0 Å². The van der Waals surface area contributed by atoms with E-state index in [4.69, 9.17) is 4.42 Å². The lowest BCUT2D eigenvalue weighted by atomic mass is 10.1. The van der Waals surface area contributed by atoms with Crippen molar-refractivity contribution in [1.82, 2.24) is 5.32 Å². The molecule has 1 heterocycles. The highest BCUT2D eigenvalue weighted by Crippen LogP contribution is 2.19. The number of carbonyl (C=O) groups excluding carboxylic acids is 1. The Kier molecular flexibility index (Phi) is 4.07. The summed E-state index contributed by atoms with van der Waals surface area (Å²) in [7, 11) is 0. The molecule has 0 aliphatic rings. The van der Waals surface area contributed by atoms with Crippen molar-refractivity contribution in [2.24, 2.45) is 0 Å². The van der Waals surface area contributed by atoms with E-state index < -0.39 is 4.92 Å². The monoisotopic (exact) mass is 288 g/mol. The molecule has 0 radical (unpaired) electrons. The Morgan fingerprint density at radius 2 is 2.00 bits per heavy atom. The fourth-order valence-electron chi connectivity index (χ4n) is 2.08. The van der Waals surface area contributed by atoms with Crippen LogP contribution in [0.2, 0.25) is 0 Å². The highest BCUT2D eigenvalue weighted by Gasteiger charge is 2.15. The van der Waals surface area contributed by atoms with Crippen molar-refractivity contribution in [1.29, 1.82) is 0 Å². The molecular weight excluding hydrogens is 272 g/mol. The summed E-state index contributed by atoms with van der Waals surface area (Å²) in [6, 6.07) is 6.29. The Morgan fingerprint density at radius 3 is 2.57 bits per heavy atom. The third kappa shape index (κ3) is 3.28. The van der Waals surface area contributed by atoms with Gasteiger partial charge in [-0.15, -0.1) is 0 Å². The summed E-state index contributed by atoms with van der Waals surface area (Å²) >= 11 is 0. The number of hydrogen-bond donors (Lipinski definition) is 1. The Hall–Kier alpha value is -2.63. The average molecular weight is 288 g/mol. The Bertz CT molecular complexity index is 704. The number of amides is 1. The molecule has 1 amide bonds. The van der Waals surface area contributed by atoms with Crippen LogP contribution in [0.15, 0.2) is 28.7 Å². The molecule has 0 unspecified atom stereocenters. The van der Waals surface area contributed by atoms with E-state index in [1.165, 1.54) is 6.07 Å². The van der Waals surface area contributed by atoms with Gasteiger partial charge in [0.2, 0.25) is 0 Å². The molecule has 0 fully saturated rings. The van der Waals surface area contributed by atoms with E-state index in [-0.39, 0.29) is 17.2 Å². The van der Waals surface area contributed by atoms with Crippen LogP contribution in [0.5, 0.6) is 0 Å². The molecule has 0 spiro atoms. The van der Waals surface area contributed by atoms with Gasteiger partial charge in [0, 0.05) is 29.3 Å². The number of nitrogens with one attached hydrogen (secondary N) is 1. The molecule has 0 atom stereocenters. The molecule has 0 aliphatic carbocycles. The lowest BCUT2D eigenvalue weighted by Gasteiger charge is -2.05. The molecule has 21 heavy (non-hydrogen) atoms. The topological polar surface area (TPSA) is 85.4 Å². The van der Waals surface area contributed by atoms with Crippen LogP contribution in [0, 0.1) is 30.9 Å². The minimum atomic E-state index is -0.490. The summed E-state index contributed by atoms with van der Waals surface area (Å²) in [5.74, 6) is 1.18. The lowest BCUT2D eigenvalue weighted by Crippen LogP contribution is -2.23. The van der Waals surface area contributed by atoms with Gasteiger partial charge in [0.05, 0.1) is 4.92 Å². The van der Waals surface area contributed by atoms with Gasteiger partial charge in [-0.2, -0.15) is 0 Å². The summed E-state index contributed by atoms with van der Waals surface area (Å²) < 4.78 is 5.38. The number of hydrogen-bond acceptors (Lipinski definition) is 4. The van der Waals surface area contributed by atoms with Crippen molar-refractivity contribution in [3.05, 3.63) is 62.6 Å². The summed E-state index contributed by atoms with van der Waals surface area (Å²) in [5.41, 5.74) is 1.63. The molecule has 110 valence electrons. The standard InChI is InChI=1S/C15H16N2O4/c1-9-4-5-12(7-14(9)17(19)20)15(18)16-8-13-6-10(2)21-11(13)3/h4-7H,8H2,1-3H3,(H,16,18). The molecule has 1 aromatic carbocycles. The molecule has 1 N–H and O–H groups in total.